The molecule has 0 unspecified atom stereocenters. The molecule has 2 aromatic rings. The van der Waals surface area contributed by atoms with Crippen molar-refractivity contribution in [3.05, 3.63) is 69.9 Å². The zero-order valence-corrected chi connectivity index (χ0v) is 23.5. The largest absolute Gasteiger partial charge is 0.383 e. The van der Waals surface area contributed by atoms with Crippen LogP contribution in [0.2, 0.25) is 0 Å². The van der Waals surface area contributed by atoms with Gasteiger partial charge in [-0.1, -0.05) is 34.1 Å². The van der Waals surface area contributed by atoms with Crippen molar-refractivity contribution >= 4 is 37.8 Å². The lowest BCUT2D eigenvalue weighted by Crippen LogP contribution is -2.51. The van der Waals surface area contributed by atoms with Gasteiger partial charge < -0.3 is 14.5 Å². The summed E-state index contributed by atoms with van der Waals surface area (Å²) in [5.74, 6) is -0.990. The SMILES string of the molecule is CCS(=O)(=O)N(CCOC)CC(=O)N(Cc1cccc(F)c1)C1CCN(C(=O)c2cccc(Br)c2)CC1. The highest BCUT2D eigenvalue weighted by Gasteiger charge is 2.32. The van der Waals surface area contributed by atoms with Gasteiger partial charge in [0.1, 0.15) is 5.82 Å². The van der Waals surface area contributed by atoms with Crippen LogP contribution in [0.4, 0.5) is 4.39 Å². The number of ether oxygens (including phenoxy) is 1. The van der Waals surface area contributed by atoms with Crippen LogP contribution in [0.15, 0.2) is 53.0 Å². The normalized spacial score (nSPS) is 14.7. The first-order valence-corrected chi connectivity index (χ1v) is 14.6. The number of hydrogen-bond acceptors (Lipinski definition) is 5. The second-order valence-corrected chi connectivity index (χ2v) is 12.1. The lowest BCUT2D eigenvalue weighted by Gasteiger charge is -2.39. The molecule has 202 valence electrons. The molecule has 0 aliphatic carbocycles. The van der Waals surface area contributed by atoms with Crippen LogP contribution < -0.4 is 0 Å². The zero-order valence-electron chi connectivity index (χ0n) is 21.1. The lowest BCUT2D eigenvalue weighted by atomic mass is 10.0. The van der Waals surface area contributed by atoms with E-state index >= 15 is 0 Å². The molecule has 0 aromatic heterocycles. The monoisotopic (exact) mass is 597 g/mol. The molecule has 3 rings (SSSR count). The fraction of sp³-hybridized carbons (Fsp3) is 0.462. The number of carbonyl (C=O) groups is 2. The molecule has 1 saturated heterocycles. The molecular weight excluding hydrogens is 565 g/mol. The summed E-state index contributed by atoms with van der Waals surface area (Å²) in [6.45, 7) is 2.46. The molecule has 2 aromatic carbocycles. The highest BCUT2D eigenvalue weighted by atomic mass is 79.9. The number of carbonyl (C=O) groups excluding carboxylic acids is 2. The third-order valence-electron chi connectivity index (χ3n) is 6.44. The number of methoxy groups -OCH3 is 1. The zero-order chi connectivity index (χ0) is 27.0. The fourth-order valence-corrected chi connectivity index (χ4v) is 5.80. The van der Waals surface area contributed by atoms with Gasteiger partial charge in [-0.3, -0.25) is 9.59 Å². The molecule has 0 bridgehead atoms. The quantitative estimate of drug-likeness (QED) is 0.395. The molecule has 2 amide bonds. The third-order valence-corrected chi connectivity index (χ3v) is 8.76. The minimum Gasteiger partial charge on any atom is -0.383 e. The van der Waals surface area contributed by atoms with E-state index in [0.717, 1.165) is 8.78 Å². The van der Waals surface area contributed by atoms with Crippen LogP contribution in [-0.2, 0) is 26.1 Å². The van der Waals surface area contributed by atoms with Gasteiger partial charge >= 0.3 is 0 Å². The summed E-state index contributed by atoms with van der Waals surface area (Å²) >= 11 is 3.39. The smallest absolute Gasteiger partial charge is 0.253 e. The summed E-state index contributed by atoms with van der Waals surface area (Å²) < 4.78 is 46.1. The Bertz CT molecular complexity index is 1190. The van der Waals surface area contributed by atoms with E-state index in [1.54, 1.807) is 34.1 Å². The average Bonchev–Trinajstić information content (AvgIpc) is 2.89. The maximum absolute atomic E-state index is 13.9. The van der Waals surface area contributed by atoms with E-state index in [0.29, 0.717) is 37.1 Å². The molecule has 0 spiro atoms. The van der Waals surface area contributed by atoms with E-state index in [1.807, 2.05) is 12.1 Å². The van der Waals surface area contributed by atoms with Crippen LogP contribution in [0.25, 0.3) is 0 Å². The van der Waals surface area contributed by atoms with E-state index in [4.69, 9.17) is 4.74 Å². The van der Waals surface area contributed by atoms with Crippen LogP contribution in [0.3, 0.4) is 0 Å². The number of sulfonamides is 1. The number of amides is 2. The van der Waals surface area contributed by atoms with Crippen LogP contribution >= 0.6 is 15.9 Å². The van der Waals surface area contributed by atoms with Crippen LogP contribution in [-0.4, -0.2) is 86.0 Å². The van der Waals surface area contributed by atoms with Gasteiger partial charge in [0.2, 0.25) is 15.9 Å². The van der Waals surface area contributed by atoms with E-state index in [9.17, 15) is 22.4 Å². The molecule has 11 heteroatoms. The third kappa shape index (κ3) is 8.07. The van der Waals surface area contributed by atoms with Gasteiger partial charge in [0.15, 0.2) is 0 Å². The minimum atomic E-state index is -3.64. The topological polar surface area (TPSA) is 87.2 Å². The van der Waals surface area contributed by atoms with Crippen molar-refractivity contribution in [2.24, 2.45) is 0 Å². The summed E-state index contributed by atoms with van der Waals surface area (Å²) in [4.78, 5) is 29.9. The first kappa shape index (κ1) is 29.2. The Morgan fingerprint density at radius 1 is 1.14 bits per heavy atom. The molecule has 8 nitrogen and oxygen atoms in total. The molecule has 0 atom stereocenters. The first-order chi connectivity index (χ1) is 17.6. The number of rotatable bonds is 11. The van der Waals surface area contributed by atoms with E-state index < -0.39 is 15.8 Å². The maximum Gasteiger partial charge on any atom is 0.253 e. The molecule has 1 aliphatic heterocycles. The summed E-state index contributed by atoms with van der Waals surface area (Å²) in [5, 5.41) is 0. The summed E-state index contributed by atoms with van der Waals surface area (Å²) in [6, 6.07) is 13.0. The second kappa shape index (κ2) is 13.5. The number of likely N-dealkylation sites (tertiary alicyclic amines) is 1. The molecule has 0 radical (unpaired) electrons. The molecule has 1 aliphatic rings. The highest BCUT2D eigenvalue weighted by molar-refractivity contribution is 9.10. The predicted octanol–water partition coefficient (Wildman–Crippen LogP) is 3.52. The predicted molar refractivity (Wildman–Crippen MR) is 143 cm³/mol. The summed E-state index contributed by atoms with van der Waals surface area (Å²) in [6.07, 6.45) is 1.05. The van der Waals surface area contributed by atoms with Crippen molar-refractivity contribution in [3.8, 4) is 0 Å². The average molecular weight is 599 g/mol. The number of nitrogens with zero attached hydrogens (tertiary/aromatic N) is 3. The van der Waals surface area contributed by atoms with Crippen molar-refractivity contribution in [1.82, 2.24) is 14.1 Å². The van der Waals surface area contributed by atoms with Gasteiger partial charge in [-0.15, -0.1) is 0 Å². The van der Waals surface area contributed by atoms with Gasteiger partial charge in [0, 0.05) is 49.4 Å². The van der Waals surface area contributed by atoms with Gasteiger partial charge in [-0.2, -0.15) is 4.31 Å². The molecule has 1 heterocycles. The van der Waals surface area contributed by atoms with Crippen LogP contribution in [0, 0.1) is 5.82 Å². The highest BCUT2D eigenvalue weighted by Crippen LogP contribution is 2.23. The van der Waals surface area contributed by atoms with E-state index in [2.05, 4.69) is 15.9 Å². The number of halogens is 2. The van der Waals surface area contributed by atoms with Crippen molar-refractivity contribution in [2.45, 2.75) is 32.4 Å². The number of benzene rings is 2. The summed E-state index contributed by atoms with van der Waals surface area (Å²) in [7, 11) is -2.17. The van der Waals surface area contributed by atoms with Crippen molar-refractivity contribution in [2.75, 3.05) is 45.6 Å². The second-order valence-electron chi connectivity index (χ2n) is 8.91. The number of piperidine rings is 1. The van der Waals surface area contributed by atoms with Crippen LogP contribution in [0.1, 0.15) is 35.7 Å². The van der Waals surface area contributed by atoms with Crippen molar-refractivity contribution in [1.29, 1.82) is 0 Å². The Hall–Kier alpha value is -2.34. The van der Waals surface area contributed by atoms with E-state index in [-0.39, 0.29) is 49.9 Å². The standard InChI is InChI=1S/C26H33BrFN3O5S/c1-3-37(34,35)30(14-15-36-2)19-25(32)31(18-20-6-4-9-23(28)16-20)24-10-12-29(13-11-24)26(33)21-7-5-8-22(27)17-21/h4-9,16-17,24H,3,10-15,18-19H2,1-2H3. The maximum atomic E-state index is 13.9. The Morgan fingerprint density at radius 2 is 1.84 bits per heavy atom. The van der Waals surface area contributed by atoms with Crippen molar-refractivity contribution in [3.63, 3.8) is 0 Å². The fourth-order valence-electron chi connectivity index (χ4n) is 4.37. The Labute approximate surface area is 226 Å². The Balaban J connectivity index is 1.77. The van der Waals surface area contributed by atoms with Gasteiger partial charge in [0.05, 0.1) is 18.9 Å². The van der Waals surface area contributed by atoms with Gasteiger partial charge in [-0.25, -0.2) is 12.8 Å². The number of hydrogen-bond donors (Lipinski definition) is 0. The van der Waals surface area contributed by atoms with Crippen molar-refractivity contribution < 1.29 is 27.1 Å². The lowest BCUT2D eigenvalue weighted by molar-refractivity contribution is -0.135. The van der Waals surface area contributed by atoms with Gasteiger partial charge in [0.25, 0.3) is 5.91 Å². The molecule has 0 N–H and O–H groups in total. The summed E-state index contributed by atoms with van der Waals surface area (Å²) in [5.41, 5.74) is 1.20. The van der Waals surface area contributed by atoms with Crippen LogP contribution in [0.5, 0.6) is 0 Å². The molecular formula is C26H33BrFN3O5S. The van der Waals surface area contributed by atoms with E-state index in [1.165, 1.54) is 26.2 Å². The minimum absolute atomic E-state index is 0.0613. The molecule has 37 heavy (non-hydrogen) atoms. The Kier molecular flexibility index (Phi) is 10.6. The first-order valence-electron chi connectivity index (χ1n) is 12.2. The molecule has 1 fully saturated rings. The Morgan fingerprint density at radius 3 is 2.46 bits per heavy atom. The van der Waals surface area contributed by atoms with Gasteiger partial charge in [-0.05, 0) is 55.7 Å². The molecule has 0 saturated carbocycles.